The van der Waals surface area contributed by atoms with Crippen LogP contribution in [-0.2, 0) is 14.3 Å². The molecule has 0 radical (unpaired) electrons. The lowest BCUT2D eigenvalue weighted by Crippen LogP contribution is -2.16. The van der Waals surface area contributed by atoms with E-state index >= 15 is 0 Å². The number of methoxy groups -OCH3 is 1. The third-order valence-electron chi connectivity index (χ3n) is 2.01. The van der Waals surface area contributed by atoms with Gasteiger partial charge in [0.1, 0.15) is 5.56 Å². The fraction of sp³-hybridized carbons (Fsp3) is 0.333. The van der Waals surface area contributed by atoms with Crippen molar-refractivity contribution in [3.8, 4) is 5.75 Å². The third-order valence-corrected chi connectivity index (χ3v) is 2.31. The predicted octanol–water partition coefficient (Wildman–Crippen LogP) is 2.07. The Morgan fingerprint density at radius 3 is 2.67 bits per heavy atom. The molecule has 0 spiro atoms. The number of ether oxygens (including phenoxy) is 3. The molecule has 0 atom stereocenters. The lowest BCUT2D eigenvalue weighted by atomic mass is 10.2. The lowest BCUT2D eigenvalue weighted by molar-refractivity contribution is -0.145. The van der Waals surface area contributed by atoms with Crippen LogP contribution in [0.3, 0.4) is 0 Å². The predicted molar refractivity (Wildman–Crippen MR) is 64.9 cm³/mol. The van der Waals surface area contributed by atoms with Gasteiger partial charge in [-0.3, -0.25) is 0 Å². The second-order valence-corrected chi connectivity index (χ2v) is 3.61. The Kier molecular flexibility index (Phi) is 5.45. The molecule has 0 aliphatic carbocycles. The fourth-order valence-corrected chi connectivity index (χ4v) is 1.49. The van der Waals surface area contributed by atoms with Crippen molar-refractivity contribution in [2.75, 3.05) is 20.3 Å². The van der Waals surface area contributed by atoms with E-state index < -0.39 is 11.9 Å². The molecule has 0 fully saturated rings. The second-order valence-electron chi connectivity index (χ2n) is 3.20. The number of carbonyl (C=O) groups excluding carboxylic acids is 2. The molecule has 6 heteroatoms. The fourth-order valence-electron chi connectivity index (χ4n) is 1.26. The van der Waals surface area contributed by atoms with Gasteiger partial charge in [0.25, 0.3) is 0 Å². The lowest BCUT2D eigenvalue weighted by Gasteiger charge is -2.11. The number of rotatable bonds is 5. The van der Waals surface area contributed by atoms with E-state index in [1.807, 2.05) is 0 Å². The first-order valence-electron chi connectivity index (χ1n) is 5.25. The SMILES string of the molecule is CCOC(=O)COc1c(Cl)cccc1C(=O)OC. The second kappa shape index (κ2) is 6.86. The van der Waals surface area contributed by atoms with Gasteiger partial charge in [0, 0.05) is 0 Å². The number of para-hydroxylation sites is 1. The van der Waals surface area contributed by atoms with Gasteiger partial charge in [-0.2, -0.15) is 0 Å². The molecule has 0 aliphatic heterocycles. The molecule has 0 heterocycles. The number of halogens is 1. The zero-order valence-corrected chi connectivity index (χ0v) is 10.8. The molecule has 0 saturated heterocycles. The maximum atomic E-state index is 11.5. The van der Waals surface area contributed by atoms with Crippen molar-refractivity contribution in [3.05, 3.63) is 28.8 Å². The van der Waals surface area contributed by atoms with E-state index in [-0.39, 0.29) is 29.5 Å². The van der Waals surface area contributed by atoms with Crippen LogP contribution in [0.5, 0.6) is 5.75 Å². The summed E-state index contributed by atoms with van der Waals surface area (Å²) < 4.78 is 14.5. The number of hydrogen-bond acceptors (Lipinski definition) is 5. The Morgan fingerprint density at radius 1 is 1.33 bits per heavy atom. The number of esters is 2. The topological polar surface area (TPSA) is 61.8 Å². The van der Waals surface area contributed by atoms with Crippen molar-refractivity contribution in [3.63, 3.8) is 0 Å². The summed E-state index contributed by atoms with van der Waals surface area (Å²) >= 11 is 5.91. The molecule has 0 bridgehead atoms. The first-order valence-corrected chi connectivity index (χ1v) is 5.63. The molecular formula is C12H13ClO5. The molecular weight excluding hydrogens is 260 g/mol. The third kappa shape index (κ3) is 3.63. The molecule has 0 amide bonds. The molecule has 0 N–H and O–H groups in total. The van der Waals surface area contributed by atoms with E-state index in [2.05, 4.69) is 4.74 Å². The number of hydrogen-bond donors (Lipinski definition) is 0. The molecule has 98 valence electrons. The summed E-state index contributed by atoms with van der Waals surface area (Å²) in [6.45, 7) is 1.63. The van der Waals surface area contributed by atoms with Gasteiger partial charge >= 0.3 is 11.9 Å². The standard InChI is InChI=1S/C12H13ClO5/c1-3-17-10(14)7-18-11-8(12(15)16-2)5-4-6-9(11)13/h4-6H,3,7H2,1-2H3. The Labute approximate surface area is 110 Å². The highest BCUT2D eigenvalue weighted by molar-refractivity contribution is 6.32. The van der Waals surface area contributed by atoms with Gasteiger partial charge in [0.05, 0.1) is 18.7 Å². The zero-order chi connectivity index (χ0) is 13.5. The van der Waals surface area contributed by atoms with Crippen LogP contribution in [-0.4, -0.2) is 32.3 Å². The van der Waals surface area contributed by atoms with Gasteiger partial charge in [0.15, 0.2) is 12.4 Å². The van der Waals surface area contributed by atoms with E-state index in [1.54, 1.807) is 19.1 Å². The van der Waals surface area contributed by atoms with Crippen LogP contribution in [0.2, 0.25) is 5.02 Å². The molecule has 0 aromatic heterocycles. The van der Waals surface area contributed by atoms with Crippen molar-refractivity contribution in [2.24, 2.45) is 0 Å². The maximum absolute atomic E-state index is 11.5. The van der Waals surface area contributed by atoms with Gasteiger partial charge in [-0.1, -0.05) is 17.7 Å². The minimum Gasteiger partial charge on any atom is -0.479 e. The van der Waals surface area contributed by atoms with E-state index in [4.69, 9.17) is 21.1 Å². The summed E-state index contributed by atoms with van der Waals surface area (Å²) in [5.74, 6) is -1.01. The van der Waals surface area contributed by atoms with Gasteiger partial charge in [-0.05, 0) is 19.1 Å². The van der Waals surface area contributed by atoms with Gasteiger partial charge in [-0.25, -0.2) is 9.59 Å². The largest absolute Gasteiger partial charge is 0.479 e. The Hall–Kier alpha value is -1.75. The average Bonchev–Trinajstić information content (AvgIpc) is 2.36. The monoisotopic (exact) mass is 272 g/mol. The molecule has 18 heavy (non-hydrogen) atoms. The summed E-state index contributed by atoms with van der Waals surface area (Å²) in [5, 5.41) is 0.224. The van der Waals surface area contributed by atoms with E-state index in [1.165, 1.54) is 13.2 Å². The highest BCUT2D eigenvalue weighted by Gasteiger charge is 2.17. The molecule has 0 saturated carbocycles. The summed E-state index contributed by atoms with van der Waals surface area (Å²) in [5.41, 5.74) is 0.161. The van der Waals surface area contributed by atoms with Gasteiger partial charge < -0.3 is 14.2 Å². The molecule has 1 rings (SSSR count). The van der Waals surface area contributed by atoms with E-state index in [0.717, 1.165) is 0 Å². The van der Waals surface area contributed by atoms with Crippen LogP contribution in [0.1, 0.15) is 17.3 Å². The zero-order valence-electron chi connectivity index (χ0n) is 10.1. The summed E-state index contributed by atoms with van der Waals surface area (Å²) in [4.78, 5) is 22.7. The summed E-state index contributed by atoms with van der Waals surface area (Å²) in [7, 11) is 1.25. The molecule has 1 aromatic carbocycles. The normalized spacial score (nSPS) is 9.72. The Balaban J connectivity index is 2.86. The number of carbonyl (C=O) groups is 2. The van der Waals surface area contributed by atoms with Crippen molar-refractivity contribution < 1.29 is 23.8 Å². The summed E-state index contributed by atoms with van der Waals surface area (Å²) in [6, 6.07) is 4.64. The van der Waals surface area contributed by atoms with Crippen LogP contribution in [0.25, 0.3) is 0 Å². The van der Waals surface area contributed by atoms with E-state index in [9.17, 15) is 9.59 Å². The Bertz CT molecular complexity index is 444. The van der Waals surface area contributed by atoms with Crippen molar-refractivity contribution >= 4 is 23.5 Å². The molecule has 0 aliphatic rings. The van der Waals surface area contributed by atoms with Crippen LogP contribution < -0.4 is 4.74 Å². The first kappa shape index (κ1) is 14.3. The smallest absolute Gasteiger partial charge is 0.344 e. The highest BCUT2D eigenvalue weighted by atomic mass is 35.5. The average molecular weight is 273 g/mol. The van der Waals surface area contributed by atoms with Gasteiger partial charge in [-0.15, -0.1) is 0 Å². The van der Waals surface area contributed by atoms with Crippen LogP contribution in [0.15, 0.2) is 18.2 Å². The van der Waals surface area contributed by atoms with Crippen molar-refractivity contribution in [1.29, 1.82) is 0 Å². The summed E-state index contributed by atoms with van der Waals surface area (Å²) in [6.07, 6.45) is 0. The van der Waals surface area contributed by atoms with Crippen molar-refractivity contribution in [2.45, 2.75) is 6.92 Å². The van der Waals surface area contributed by atoms with Crippen LogP contribution in [0.4, 0.5) is 0 Å². The molecule has 0 unspecified atom stereocenters. The van der Waals surface area contributed by atoms with Gasteiger partial charge in [0.2, 0.25) is 0 Å². The first-order chi connectivity index (χ1) is 8.60. The van der Waals surface area contributed by atoms with Crippen LogP contribution >= 0.6 is 11.6 Å². The highest BCUT2D eigenvalue weighted by Crippen LogP contribution is 2.29. The Morgan fingerprint density at radius 2 is 2.06 bits per heavy atom. The molecule has 5 nitrogen and oxygen atoms in total. The maximum Gasteiger partial charge on any atom is 0.344 e. The minimum absolute atomic E-state index is 0.110. The quantitative estimate of drug-likeness (QED) is 0.768. The van der Waals surface area contributed by atoms with Crippen LogP contribution in [0, 0.1) is 0 Å². The number of benzene rings is 1. The van der Waals surface area contributed by atoms with E-state index in [0.29, 0.717) is 0 Å². The molecule has 1 aromatic rings. The minimum atomic E-state index is -0.587. The van der Waals surface area contributed by atoms with Crippen molar-refractivity contribution in [1.82, 2.24) is 0 Å².